The van der Waals surface area contributed by atoms with E-state index in [1.54, 1.807) is 57.3 Å². The van der Waals surface area contributed by atoms with Gasteiger partial charge in [-0.3, -0.25) is 9.52 Å². The SMILES string of the molecule is CC(C)(C)NS(=O)(=O)c1cccc(C(=O)c2cn(C3CCC3)c3cc(NS(C)(=O)=O)ccc23)c1. The molecule has 1 heterocycles. The summed E-state index contributed by atoms with van der Waals surface area (Å²) in [6, 6.07) is 11.3. The third kappa shape index (κ3) is 5.18. The Bertz CT molecular complexity index is 1480. The summed E-state index contributed by atoms with van der Waals surface area (Å²) in [6.45, 7) is 5.26. The molecule has 0 spiro atoms. The highest BCUT2D eigenvalue weighted by atomic mass is 32.2. The summed E-state index contributed by atoms with van der Waals surface area (Å²) in [5.74, 6) is -0.292. The number of nitrogens with zero attached hydrogens (tertiary/aromatic N) is 1. The summed E-state index contributed by atoms with van der Waals surface area (Å²) in [5.41, 5.74) is 1.25. The van der Waals surface area contributed by atoms with Gasteiger partial charge in [-0.2, -0.15) is 0 Å². The fraction of sp³-hybridized carbons (Fsp3) is 0.375. The number of anilines is 1. The Morgan fingerprint density at radius 2 is 1.74 bits per heavy atom. The van der Waals surface area contributed by atoms with E-state index >= 15 is 0 Å². The number of carbonyl (C=O) groups excluding carboxylic acids is 1. The van der Waals surface area contributed by atoms with Gasteiger partial charge in [0, 0.05) is 34.3 Å². The van der Waals surface area contributed by atoms with E-state index in [2.05, 4.69) is 9.44 Å². The first-order valence-electron chi connectivity index (χ1n) is 11.0. The molecule has 0 aliphatic heterocycles. The summed E-state index contributed by atoms with van der Waals surface area (Å²) >= 11 is 0. The molecule has 1 aliphatic carbocycles. The van der Waals surface area contributed by atoms with Gasteiger partial charge in [0.25, 0.3) is 0 Å². The molecule has 1 aliphatic rings. The van der Waals surface area contributed by atoms with Crippen molar-refractivity contribution in [3.8, 4) is 0 Å². The normalized spacial score (nSPS) is 15.3. The molecule has 2 N–H and O–H groups in total. The van der Waals surface area contributed by atoms with Crippen LogP contribution in [-0.4, -0.2) is 39.0 Å². The van der Waals surface area contributed by atoms with E-state index in [0.717, 1.165) is 31.0 Å². The van der Waals surface area contributed by atoms with Gasteiger partial charge >= 0.3 is 0 Å². The number of nitrogens with one attached hydrogen (secondary N) is 2. The molecule has 1 saturated carbocycles. The second-order valence-corrected chi connectivity index (χ2v) is 13.3. The minimum absolute atomic E-state index is 0.0237. The van der Waals surface area contributed by atoms with E-state index in [-0.39, 0.29) is 22.3 Å². The lowest BCUT2D eigenvalue weighted by molar-refractivity contribution is 0.103. The summed E-state index contributed by atoms with van der Waals surface area (Å²) in [5, 5.41) is 0.692. The Balaban J connectivity index is 1.77. The maximum atomic E-state index is 13.5. The second-order valence-electron chi connectivity index (χ2n) is 9.85. The van der Waals surface area contributed by atoms with Gasteiger partial charge in [-0.25, -0.2) is 21.6 Å². The molecule has 0 saturated heterocycles. The van der Waals surface area contributed by atoms with Crippen LogP contribution >= 0.6 is 0 Å². The van der Waals surface area contributed by atoms with Crippen molar-refractivity contribution in [1.82, 2.24) is 9.29 Å². The number of carbonyl (C=O) groups is 1. The van der Waals surface area contributed by atoms with Crippen LogP contribution in [0.5, 0.6) is 0 Å². The number of fused-ring (bicyclic) bond motifs is 1. The molecule has 2 aromatic carbocycles. The van der Waals surface area contributed by atoms with Gasteiger partial charge in [-0.15, -0.1) is 0 Å². The Morgan fingerprint density at radius 1 is 1.03 bits per heavy atom. The molecule has 3 aromatic rings. The van der Waals surface area contributed by atoms with Crippen molar-refractivity contribution in [2.45, 2.75) is 56.5 Å². The molecular formula is C24H29N3O5S2. The van der Waals surface area contributed by atoms with Gasteiger partial charge in [-0.1, -0.05) is 12.1 Å². The lowest BCUT2D eigenvalue weighted by atomic mass is 9.93. The second kappa shape index (κ2) is 8.51. The number of hydrogen-bond donors (Lipinski definition) is 2. The summed E-state index contributed by atoms with van der Waals surface area (Å²) in [6.07, 6.45) is 5.94. The third-order valence-electron chi connectivity index (χ3n) is 5.70. The fourth-order valence-corrected chi connectivity index (χ4v) is 6.12. The summed E-state index contributed by atoms with van der Waals surface area (Å²) in [7, 11) is -7.24. The van der Waals surface area contributed by atoms with Crippen LogP contribution in [-0.2, 0) is 20.0 Å². The maximum absolute atomic E-state index is 13.5. The van der Waals surface area contributed by atoms with Crippen LogP contribution in [0.1, 0.15) is 62.0 Å². The minimum atomic E-state index is -3.80. The quantitative estimate of drug-likeness (QED) is 0.472. The molecule has 0 bridgehead atoms. The number of aromatic nitrogens is 1. The highest BCUT2D eigenvalue weighted by Gasteiger charge is 2.26. The molecule has 0 amide bonds. The van der Waals surface area contributed by atoms with Crippen molar-refractivity contribution < 1.29 is 21.6 Å². The molecule has 0 atom stereocenters. The van der Waals surface area contributed by atoms with Crippen LogP contribution in [0.2, 0.25) is 0 Å². The number of rotatable bonds is 7. The van der Waals surface area contributed by atoms with Gasteiger partial charge in [0.15, 0.2) is 5.78 Å². The highest BCUT2D eigenvalue weighted by Crippen LogP contribution is 2.37. The first-order valence-corrected chi connectivity index (χ1v) is 14.4. The molecular weight excluding hydrogens is 474 g/mol. The Labute approximate surface area is 200 Å². The van der Waals surface area contributed by atoms with Crippen LogP contribution in [0.15, 0.2) is 53.6 Å². The number of hydrogen-bond acceptors (Lipinski definition) is 5. The lowest BCUT2D eigenvalue weighted by Crippen LogP contribution is -2.40. The van der Waals surface area contributed by atoms with Crippen LogP contribution < -0.4 is 9.44 Å². The van der Waals surface area contributed by atoms with Crippen LogP contribution in [0.4, 0.5) is 5.69 Å². The minimum Gasteiger partial charge on any atom is -0.344 e. The first-order chi connectivity index (χ1) is 15.7. The zero-order chi connectivity index (χ0) is 24.9. The van der Waals surface area contributed by atoms with Crippen molar-refractivity contribution in [3.63, 3.8) is 0 Å². The summed E-state index contributed by atoms with van der Waals surface area (Å²) < 4.78 is 56.1. The van der Waals surface area contributed by atoms with E-state index in [1.165, 1.54) is 12.1 Å². The van der Waals surface area contributed by atoms with Crippen molar-refractivity contribution in [1.29, 1.82) is 0 Å². The predicted octanol–water partition coefficient (Wildman–Crippen LogP) is 4.05. The van der Waals surface area contributed by atoms with E-state index in [4.69, 9.17) is 0 Å². The van der Waals surface area contributed by atoms with Crippen molar-refractivity contribution in [3.05, 3.63) is 59.8 Å². The standard InChI is InChI=1S/C24H29N3O5S2/c1-24(2,3)26-34(31,32)19-10-5-7-16(13-19)23(28)21-15-27(18-8-6-9-18)22-14-17(11-12-20(21)22)25-33(4,29)30/h5,7,10-15,18,25-26H,6,8-9H2,1-4H3. The van der Waals surface area contributed by atoms with Gasteiger partial charge in [-0.05, 0) is 70.4 Å². The first kappa shape index (κ1) is 24.4. The maximum Gasteiger partial charge on any atom is 0.241 e. The summed E-state index contributed by atoms with van der Waals surface area (Å²) in [4.78, 5) is 13.6. The highest BCUT2D eigenvalue weighted by molar-refractivity contribution is 7.92. The lowest BCUT2D eigenvalue weighted by Gasteiger charge is -2.28. The molecule has 8 nitrogen and oxygen atoms in total. The van der Waals surface area contributed by atoms with Crippen molar-refractivity contribution >= 4 is 42.4 Å². The molecule has 1 fully saturated rings. The zero-order valence-electron chi connectivity index (χ0n) is 19.6. The van der Waals surface area contributed by atoms with Gasteiger partial charge < -0.3 is 4.57 Å². The van der Waals surface area contributed by atoms with E-state index in [9.17, 15) is 21.6 Å². The fourth-order valence-electron chi connectivity index (χ4n) is 4.10. The van der Waals surface area contributed by atoms with E-state index < -0.39 is 25.6 Å². The molecule has 0 unspecified atom stereocenters. The van der Waals surface area contributed by atoms with Gasteiger partial charge in [0.2, 0.25) is 20.0 Å². The van der Waals surface area contributed by atoms with Gasteiger partial charge in [0.05, 0.1) is 22.4 Å². The van der Waals surface area contributed by atoms with Crippen LogP contribution in [0.3, 0.4) is 0 Å². The smallest absolute Gasteiger partial charge is 0.241 e. The van der Waals surface area contributed by atoms with Gasteiger partial charge in [0.1, 0.15) is 0 Å². The average Bonchev–Trinajstić information content (AvgIpc) is 3.01. The predicted molar refractivity (Wildman–Crippen MR) is 133 cm³/mol. The Hall–Kier alpha value is -2.69. The molecule has 4 rings (SSSR count). The van der Waals surface area contributed by atoms with Crippen LogP contribution in [0, 0.1) is 0 Å². The number of ketones is 1. The Morgan fingerprint density at radius 3 is 2.32 bits per heavy atom. The topological polar surface area (TPSA) is 114 Å². The van der Waals surface area contributed by atoms with E-state index in [0.29, 0.717) is 16.6 Å². The number of benzene rings is 2. The molecule has 34 heavy (non-hydrogen) atoms. The van der Waals surface area contributed by atoms with E-state index in [1.807, 2.05) is 4.57 Å². The third-order valence-corrected chi connectivity index (χ3v) is 8.06. The molecule has 182 valence electrons. The molecule has 0 radical (unpaired) electrons. The van der Waals surface area contributed by atoms with Crippen molar-refractivity contribution in [2.24, 2.45) is 0 Å². The van der Waals surface area contributed by atoms with Crippen molar-refractivity contribution in [2.75, 3.05) is 11.0 Å². The average molecular weight is 504 g/mol. The zero-order valence-corrected chi connectivity index (χ0v) is 21.3. The number of sulfonamides is 2. The molecule has 10 heteroatoms. The largest absolute Gasteiger partial charge is 0.344 e. The molecule has 1 aromatic heterocycles. The Kier molecular flexibility index (Phi) is 6.12. The van der Waals surface area contributed by atoms with Crippen LogP contribution in [0.25, 0.3) is 10.9 Å². The monoisotopic (exact) mass is 503 g/mol.